The van der Waals surface area contributed by atoms with Crippen LogP contribution in [0.15, 0.2) is 24.3 Å². The number of para-hydroxylation sites is 1. The lowest BCUT2D eigenvalue weighted by molar-refractivity contribution is -0.182. The van der Waals surface area contributed by atoms with Crippen molar-refractivity contribution in [1.29, 1.82) is 0 Å². The van der Waals surface area contributed by atoms with Crippen LogP contribution in [0.2, 0.25) is 0 Å². The second kappa shape index (κ2) is 5.43. The molecule has 124 valence electrons. The van der Waals surface area contributed by atoms with Crippen LogP contribution in [0.1, 0.15) is 5.56 Å². The van der Waals surface area contributed by atoms with Crippen molar-refractivity contribution in [2.75, 3.05) is 24.5 Å². The third-order valence-corrected chi connectivity index (χ3v) is 4.49. The zero-order valence-corrected chi connectivity index (χ0v) is 12.2. The normalized spacial score (nSPS) is 24.0. The van der Waals surface area contributed by atoms with Crippen molar-refractivity contribution in [1.82, 2.24) is 4.90 Å². The number of halogens is 3. The summed E-state index contributed by atoms with van der Waals surface area (Å²) in [7, 11) is 0. The summed E-state index contributed by atoms with van der Waals surface area (Å²) in [5.74, 6) is -4.32. The fourth-order valence-electron chi connectivity index (χ4n) is 3.29. The molecule has 2 atom stereocenters. The van der Waals surface area contributed by atoms with Crippen LogP contribution in [0, 0.1) is 11.8 Å². The summed E-state index contributed by atoms with van der Waals surface area (Å²) in [6.45, 7) is -0.405. The van der Waals surface area contributed by atoms with Crippen molar-refractivity contribution in [2.45, 2.75) is 12.6 Å². The molecule has 2 N–H and O–H groups in total. The molecule has 8 heteroatoms. The largest absolute Gasteiger partial charge is 0.394 e. The average Bonchev–Trinajstić information content (AvgIpc) is 3.10. The molecule has 1 fully saturated rings. The van der Waals surface area contributed by atoms with Gasteiger partial charge in [-0.05, 0) is 18.1 Å². The van der Waals surface area contributed by atoms with E-state index in [-0.39, 0.29) is 6.54 Å². The molecule has 0 radical (unpaired) electrons. The van der Waals surface area contributed by atoms with E-state index in [4.69, 9.17) is 5.73 Å². The maximum absolute atomic E-state index is 13.1. The van der Waals surface area contributed by atoms with Gasteiger partial charge >= 0.3 is 12.2 Å². The lowest BCUT2D eigenvalue weighted by atomic mass is 9.95. The van der Waals surface area contributed by atoms with Gasteiger partial charge in [-0.15, -0.1) is 0 Å². The lowest BCUT2D eigenvalue weighted by Crippen LogP contribution is -2.42. The van der Waals surface area contributed by atoms with E-state index in [1.807, 2.05) is 12.1 Å². The van der Waals surface area contributed by atoms with E-state index in [0.717, 1.165) is 10.5 Å². The van der Waals surface area contributed by atoms with Crippen LogP contribution in [0.25, 0.3) is 0 Å². The number of nitrogens with two attached hydrogens (primary N) is 1. The molecule has 1 aromatic carbocycles. The number of hydrogen-bond donors (Lipinski definition) is 1. The number of alkyl halides is 3. The van der Waals surface area contributed by atoms with E-state index < -0.39 is 36.5 Å². The molecule has 2 heterocycles. The molecule has 0 saturated carbocycles. The monoisotopic (exact) mass is 327 g/mol. The van der Waals surface area contributed by atoms with Crippen LogP contribution < -0.4 is 10.6 Å². The van der Waals surface area contributed by atoms with Crippen LogP contribution in [0.4, 0.5) is 23.7 Å². The van der Waals surface area contributed by atoms with E-state index in [9.17, 15) is 22.8 Å². The summed E-state index contributed by atoms with van der Waals surface area (Å²) >= 11 is 0. The van der Waals surface area contributed by atoms with Gasteiger partial charge in [-0.3, -0.25) is 9.69 Å². The van der Waals surface area contributed by atoms with Gasteiger partial charge in [0.1, 0.15) is 0 Å². The smallest absolute Gasteiger partial charge is 0.369 e. The Labute approximate surface area is 130 Å². The molecular formula is C15H16F3N3O2. The standard InChI is InChI=1S/C15H16F3N3O2/c16-15(17,18)11-8-20(7-10(11)13(19)22)14(23)21-6-5-9-3-1-2-4-12(9)21/h1-4,10-11H,5-8H2,(H2,19,22)/t10-,11-/m1/s1. The van der Waals surface area contributed by atoms with Gasteiger partial charge in [0, 0.05) is 25.3 Å². The summed E-state index contributed by atoms with van der Waals surface area (Å²) in [6.07, 6.45) is -3.89. The Kier molecular flexibility index (Phi) is 3.69. The Hall–Kier alpha value is -2.25. The van der Waals surface area contributed by atoms with Gasteiger partial charge in [0.2, 0.25) is 5.91 Å². The molecule has 0 aliphatic carbocycles. The van der Waals surface area contributed by atoms with E-state index in [0.29, 0.717) is 18.7 Å². The molecule has 2 aliphatic heterocycles. The number of anilines is 1. The summed E-state index contributed by atoms with van der Waals surface area (Å²) < 4.78 is 39.2. The number of benzene rings is 1. The van der Waals surface area contributed by atoms with Crippen molar-refractivity contribution in [2.24, 2.45) is 17.6 Å². The minimum Gasteiger partial charge on any atom is -0.369 e. The molecule has 1 saturated heterocycles. The molecule has 23 heavy (non-hydrogen) atoms. The predicted octanol–water partition coefficient (Wildman–Crippen LogP) is 1.76. The molecule has 2 aliphatic rings. The first-order valence-electron chi connectivity index (χ1n) is 7.29. The van der Waals surface area contributed by atoms with Crippen molar-refractivity contribution in [3.63, 3.8) is 0 Å². The van der Waals surface area contributed by atoms with Gasteiger partial charge in [-0.1, -0.05) is 18.2 Å². The van der Waals surface area contributed by atoms with Gasteiger partial charge in [-0.25, -0.2) is 4.79 Å². The van der Waals surface area contributed by atoms with Crippen LogP contribution in [-0.4, -0.2) is 42.6 Å². The summed E-state index contributed by atoms with van der Waals surface area (Å²) in [5.41, 5.74) is 6.78. The maximum Gasteiger partial charge on any atom is 0.394 e. The van der Waals surface area contributed by atoms with E-state index in [1.165, 1.54) is 4.90 Å². The predicted molar refractivity (Wildman–Crippen MR) is 76.7 cm³/mol. The number of likely N-dealkylation sites (tertiary alicyclic amines) is 1. The number of nitrogens with zero attached hydrogens (tertiary/aromatic N) is 2. The fourth-order valence-corrected chi connectivity index (χ4v) is 3.29. The molecule has 0 bridgehead atoms. The van der Waals surface area contributed by atoms with Gasteiger partial charge < -0.3 is 10.6 Å². The number of rotatable bonds is 1. The number of urea groups is 1. The average molecular weight is 327 g/mol. The molecule has 0 spiro atoms. The van der Waals surface area contributed by atoms with E-state index in [1.54, 1.807) is 12.1 Å². The summed E-state index contributed by atoms with van der Waals surface area (Å²) in [4.78, 5) is 26.4. The Morgan fingerprint density at radius 2 is 1.87 bits per heavy atom. The number of amides is 3. The van der Waals surface area contributed by atoms with Gasteiger partial charge in [0.15, 0.2) is 0 Å². The quantitative estimate of drug-likeness (QED) is 0.854. The molecule has 0 unspecified atom stereocenters. The molecule has 3 rings (SSSR count). The molecular weight excluding hydrogens is 311 g/mol. The zero-order valence-electron chi connectivity index (χ0n) is 12.2. The van der Waals surface area contributed by atoms with Gasteiger partial charge in [-0.2, -0.15) is 13.2 Å². The number of fused-ring (bicyclic) bond motifs is 1. The van der Waals surface area contributed by atoms with Crippen molar-refractivity contribution in [3.05, 3.63) is 29.8 Å². The molecule has 1 aromatic rings. The van der Waals surface area contributed by atoms with Crippen molar-refractivity contribution < 1.29 is 22.8 Å². The lowest BCUT2D eigenvalue weighted by Gasteiger charge is -2.25. The number of hydrogen-bond acceptors (Lipinski definition) is 2. The SMILES string of the molecule is NC(=O)[C@@H]1CN(C(=O)N2CCc3ccccc32)C[C@H]1C(F)(F)F. The number of carbonyl (C=O) groups is 2. The van der Waals surface area contributed by atoms with Crippen LogP contribution in [0.5, 0.6) is 0 Å². The Morgan fingerprint density at radius 1 is 1.17 bits per heavy atom. The highest BCUT2D eigenvalue weighted by Gasteiger charge is 2.53. The zero-order chi connectivity index (χ0) is 16.8. The number of carbonyl (C=O) groups excluding carboxylic acids is 2. The summed E-state index contributed by atoms with van der Waals surface area (Å²) in [5, 5.41) is 0. The van der Waals surface area contributed by atoms with E-state index >= 15 is 0 Å². The first-order valence-corrected chi connectivity index (χ1v) is 7.29. The highest BCUT2D eigenvalue weighted by Crippen LogP contribution is 2.38. The number of primary amides is 1. The second-order valence-electron chi connectivity index (χ2n) is 5.87. The minimum atomic E-state index is -4.56. The topological polar surface area (TPSA) is 66.6 Å². The van der Waals surface area contributed by atoms with Crippen molar-refractivity contribution in [3.8, 4) is 0 Å². The van der Waals surface area contributed by atoms with Gasteiger partial charge in [0.05, 0.1) is 11.8 Å². The fraction of sp³-hybridized carbons (Fsp3) is 0.467. The summed E-state index contributed by atoms with van der Waals surface area (Å²) in [6, 6.07) is 6.78. The first kappa shape index (κ1) is 15.6. The Balaban J connectivity index is 1.81. The van der Waals surface area contributed by atoms with Gasteiger partial charge in [0.25, 0.3) is 0 Å². The van der Waals surface area contributed by atoms with Crippen LogP contribution in [0.3, 0.4) is 0 Å². The molecule has 3 amide bonds. The third-order valence-electron chi connectivity index (χ3n) is 4.49. The first-order chi connectivity index (χ1) is 10.8. The Bertz CT molecular complexity index is 647. The second-order valence-corrected chi connectivity index (χ2v) is 5.87. The minimum absolute atomic E-state index is 0.295. The Morgan fingerprint density at radius 3 is 2.48 bits per heavy atom. The molecule has 0 aromatic heterocycles. The molecule has 5 nitrogen and oxygen atoms in total. The maximum atomic E-state index is 13.1. The van der Waals surface area contributed by atoms with Crippen LogP contribution in [-0.2, 0) is 11.2 Å². The van der Waals surface area contributed by atoms with Crippen molar-refractivity contribution >= 4 is 17.6 Å². The van der Waals surface area contributed by atoms with Crippen LogP contribution >= 0.6 is 0 Å². The highest BCUT2D eigenvalue weighted by atomic mass is 19.4. The third kappa shape index (κ3) is 2.73. The van der Waals surface area contributed by atoms with E-state index in [2.05, 4.69) is 0 Å². The highest BCUT2D eigenvalue weighted by molar-refractivity contribution is 5.95.